The van der Waals surface area contributed by atoms with Gasteiger partial charge in [-0.1, -0.05) is 5.16 Å². The van der Waals surface area contributed by atoms with Crippen LogP contribution in [0.2, 0.25) is 0 Å². The predicted octanol–water partition coefficient (Wildman–Crippen LogP) is -0.658. The molecular formula is C10H9N5O3. The second-order valence-corrected chi connectivity index (χ2v) is 3.59. The molecule has 0 aromatic carbocycles. The zero-order valence-corrected chi connectivity index (χ0v) is 9.51. The van der Waals surface area contributed by atoms with E-state index in [-0.39, 0.29) is 12.1 Å². The second-order valence-electron chi connectivity index (χ2n) is 3.59. The average molecular weight is 247 g/mol. The summed E-state index contributed by atoms with van der Waals surface area (Å²) in [5.41, 5.74) is -1.38. The number of nitrogens with one attached hydrogen (secondary N) is 1. The van der Waals surface area contributed by atoms with Crippen molar-refractivity contribution < 1.29 is 4.52 Å². The van der Waals surface area contributed by atoms with Crippen LogP contribution >= 0.6 is 0 Å². The van der Waals surface area contributed by atoms with E-state index >= 15 is 0 Å². The molecule has 1 N–H and O–H groups in total. The minimum absolute atomic E-state index is 0.115. The number of rotatable bonds is 3. The zero-order chi connectivity index (χ0) is 13.1. The van der Waals surface area contributed by atoms with Gasteiger partial charge in [-0.3, -0.25) is 14.3 Å². The molecule has 0 unspecified atom stereocenters. The Morgan fingerprint density at radius 3 is 2.94 bits per heavy atom. The third-order valence-corrected chi connectivity index (χ3v) is 2.27. The lowest BCUT2D eigenvalue weighted by Gasteiger charge is -2.02. The van der Waals surface area contributed by atoms with Crippen molar-refractivity contribution >= 4 is 0 Å². The highest BCUT2D eigenvalue weighted by Crippen LogP contribution is 1.98. The van der Waals surface area contributed by atoms with E-state index in [1.807, 2.05) is 0 Å². The van der Waals surface area contributed by atoms with Gasteiger partial charge in [0.2, 0.25) is 5.89 Å². The van der Waals surface area contributed by atoms with Crippen molar-refractivity contribution in [1.82, 2.24) is 19.7 Å². The summed E-state index contributed by atoms with van der Waals surface area (Å²) in [6, 6.07) is 1.71. The first-order chi connectivity index (χ1) is 8.60. The molecule has 18 heavy (non-hydrogen) atoms. The van der Waals surface area contributed by atoms with Crippen LogP contribution in [0.15, 0.2) is 20.3 Å². The summed E-state index contributed by atoms with van der Waals surface area (Å²) in [5.74, 6) is 0.903. The molecule has 2 heterocycles. The number of hydrogen-bond acceptors (Lipinski definition) is 6. The lowest BCUT2D eigenvalue weighted by Crippen LogP contribution is -2.31. The van der Waals surface area contributed by atoms with Gasteiger partial charge in [-0.15, -0.1) is 0 Å². The maximum absolute atomic E-state index is 11.5. The van der Waals surface area contributed by atoms with Crippen molar-refractivity contribution in [2.24, 2.45) is 0 Å². The molecule has 92 valence electrons. The van der Waals surface area contributed by atoms with Gasteiger partial charge in [0.15, 0.2) is 5.82 Å². The van der Waals surface area contributed by atoms with Crippen LogP contribution in [0, 0.1) is 18.3 Å². The van der Waals surface area contributed by atoms with Gasteiger partial charge < -0.3 is 4.52 Å². The van der Waals surface area contributed by atoms with Gasteiger partial charge in [0, 0.05) is 19.2 Å². The minimum atomic E-state index is -0.688. The van der Waals surface area contributed by atoms with Crippen LogP contribution in [0.5, 0.6) is 0 Å². The smallest absolute Gasteiger partial charge is 0.328 e. The molecule has 2 aromatic heterocycles. The molecule has 2 rings (SSSR count). The van der Waals surface area contributed by atoms with E-state index in [4.69, 9.17) is 9.78 Å². The van der Waals surface area contributed by atoms with E-state index in [0.29, 0.717) is 18.1 Å². The summed E-state index contributed by atoms with van der Waals surface area (Å²) in [6.07, 6.45) is 1.56. The van der Waals surface area contributed by atoms with E-state index in [9.17, 15) is 9.59 Å². The highest BCUT2D eigenvalue weighted by molar-refractivity contribution is 5.21. The maximum Gasteiger partial charge on any atom is 0.328 e. The molecule has 2 aromatic rings. The number of nitriles is 1. The number of aromatic nitrogens is 4. The van der Waals surface area contributed by atoms with Gasteiger partial charge in [0.25, 0.3) is 5.56 Å². The highest BCUT2D eigenvalue weighted by atomic mass is 16.5. The Balaban J connectivity index is 2.22. The Hall–Kier alpha value is -2.69. The summed E-state index contributed by atoms with van der Waals surface area (Å²) in [4.78, 5) is 28.7. The van der Waals surface area contributed by atoms with E-state index in [2.05, 4.69) is 15.1 Å². The third kappa shape index (κ3) is 2.35. The van der Waals surface area contributed by atoms with Gasteiger partial charge >= 0.3 is 5.69 Å². The van der Waals surface area contributed by atoms with Gasteiger partial charge in [-0.25, -0.2) is 4.79 Å². The normalized spacial score (nSPS) is 10.2. The topological polar surface area (TPSA) is 118 Å². The van der Waals surface area contributed by atoms with Crippen LogP contribution in [0.25, 0.3) is 0 Å². The molecule has 0 aliphatic rings. The number of aromatic amines is 1. The van der Waals surface area contributed by atoms with Crippen molar-refractivity contribution in [2.75, 3.05) is 0 Å². The summed E-state index contributed by atoms with van der Waals surface area (Å²) < 4.78 is 6.11. The van der Waals surface area contributed by atoms with Crippen molar-refractivity contribution in [3.63, 3.8) is 0 Å². The van der Waals surface area contributed by atoms with Crippen molar-refractivity contribution in [3.05, 3.63) is 44.3 Å². The number of hydrogen-bond donors (Lipinski definition) is 1. The SMILES string of the molecule is Cc1noc(CCn2cc(C#N)c(=O)[nH]c2=O)n1. The van der Waals surface area contributed by atoms with Gasteiger partial charge in [-0.2, -0.15) is 10.2 Å². The van der Waals surface area contributed by atoms with E-state index in [1.165, 1.54) is 10.8 Å². The molecule has 0 spiro atoms. The minimum Gasteiger partial charge on any atom is -0.339 e. The Kier molecular flexibility index (Phi) is 3.05. The highest BCUT2D eigenvalue weighted by Gasteiger charge is 2.06. The van der Waals surface area contributed by atoms with Gasteiger partial charge in [0.1, 0.15) is 11.6 Å². The maximum atomic E-state index is 11.5. The molecular weight excluding hydrogens is 238 g/mol. The predicted molar refractivity (Wildman–Crippen MR) is 58.8 cm³/mol. The standard InChI is InChI=1S/C10H9N5O3/c1-6-12-8(18-14-6)2-3-15-5-7(4-11)9(16)13-10(15)17/h5H,2-3H2,1H3,(H,13,16,17). The van der Waals surface area contributed by atoms with Crippen LogP contribution in [0.3, 0.4) is 0 Å². The molecule has 0 saturated carbocycles. The number of nitrogens with zero attached hydrogens (tertiary/aromatic N) is 4. The van der Waals surface area contributed by atoms with Crippen LogP contribution in [-0.4, -0.2) is 19.7 Å². The second kappa shape index (κ2) is 4.67. The largest absolute Gasteiger partial charge is 0.339 e. The molecule has 8 nitrogen and oxygen atoms in total. The van der Waals surface area contributed by atoms with Crippen molar-refractivity contribution in [3.8, 4) is 6.07 Å². The molecule has 0 fully saturated rings. The summed E-state index contributed by atoms with van der Waals surface area (Å²) in [6.45, 7) is 1.93. The van der Waals surface area contributed by atoms with Gasteiger partial charge in [0.05, 0.1) is 0 Å². The van der Waals surface area contributed by atoms with Crippen molar-refractivity contribution in [2.45, 2.75) is 19.9 Å². The first kappa shape index (κ1) is 11.8. The van der Waals surface area contributed by atoms with E-state index < -0.39 is 11.2 Å². The lowest BCUT2D eigenvalue weighted by molar-refractivity contribution is 0.367. The monoisotopic (exact) mass is 247 g/mol. The molecule has 0 aliphatic heterocycles. The average Bonchev–Trinajstić information content (AvgIpc) is 2.74. The molecule has 0 bridgehead atoms. The van der Waals surface area contributed by atoms with Crippen molar-refractivity contribution in [1.29, 1.82) is 5.26 Å². The Morgan fingerprint density at radius 2 is 2.33 bits per heavy atom. The zero-order valence-electron chi connectivity index (χ0n) is 9.51. The molecule has 8 heteroatoms. The van der Waals surface area contributed by atoms with E-state index in [0.717, 1.165) is 0 Å². The first-order valence-corrected chi connectivity index (χ1v) is 5.13. The number of aryl methyl sites for hydroxylation is 3. The third-order valence-electron chi connectivity index (χ3n) is 2.27. The van der Waals surface area contributed by atoms with Crippen LogP contribution in [-0.2, 0) is 13.0 Å². The summed E-state index contributed by atoms with van der Waals surface area (Å²) >= 11 is 0. The molecule has 0 radical (unpaired) electrons. The first-order valence-electron chi connectivity index (χ1n) is 5.13. The fraction of sp³-hybridized carbons (Fsp3) is 0.300. The fourth-order valence-electron chi connectivity index (χ4n) is 1.41. The van der Waals surface area contributed by atoms with Crippen LogP contribution in [0.1, 0.15) is 17.3 Å². The quantitative estimate of drug-likeness (QED) is 0.769. The summed E-state index contributed by atoms with van der Waals surface area (Å²) in [5, 5.41) is 12.3. The van der Waals surface area contributed by atoms with Gasteiger partial charge in [-0.05, 0) is 6.92 Å². The van der Waals surface area contributed by atoms with E-state index in [1.54, 1.807) is 13.0 Å². The Morgan fingerprint density at radius 1 is 1.56 bits per heavy atom. The summed E-state index contributed by atoms with van der Waals surface area (Å²) in [7, 11) is 0. The lowest BCUT2D eigenvalue weighted by atomic mass is 10.3. The molecule has 0 saturated heterocycles. The Labute approximate surface area is 100 Å². The van der Waals surface area contributed by atoms with Crippen LogP contribution in [0.4, 0.5) is 0 Å². The van der Waals surface area contributed by atoms with Crippen LogP contribution < -0.4 is 11.2 Å². The molecule has 0 aliphatic carbocycles. The fourth-order valence-corrected chi connectivity index (χ4v) is 1.41. The molecule has 0 atom stereocenters. The molecule has 0 amide bonds. The number of H-pyrrole nitrogens is 1. The Bertz CT molecular complexity index is 718.